The van der Waals surface area contributed by atoms with Crippen molar-refractivity contribution in [3.05, 3.63) is 62.9 Å². The highest BCUT2D eigenvalue weighted by Crippen LogP contribution is 2.32. The first-order chi connectivity index (χ1) is 12.5. The third-order valence-electron chi connectivity index (χ3n) is 4.04. The van der Waals surface area contributed by atoms with Crippen molar-refractivity contribution in [2.45, 2.75) is 10.9 Å². The molecule has 2 rings (SSSR count). The Balaban J connectivity index is 2.37. The molecule has 0 radical (unpaired) electrons. The summed E-state index contributed by atoms with van der Waals surface area (Å²) in [6, 6.07) is 7.46. The van der Waals surface area contributed by atoms with Crippen LogP contribution in [0.3, 0.4) is 0 Å². The van der Waals surface area contributed by atoms with Gasteiger partial charge in [-0.05, 0) is 38.4 Å². The fourth-order valence-electron chi connectivity index (χ4n) is 2.62. The summed E-state index contributed by atoms with van der Waals surface area (Å²) in [6.45, 7) is 0.118. The molecule has 1 atom stereocenters. The topological polar surface area (TPSA) is 92.6 Å². The number of anilines is 1. The zero-order chi connectivity index (χ0) is 20.4. The Kier molecular flexibility index (Phi) is 6.40. The summed E-state index contributed by atoms with van der Waals surface area (Å²) < 4.78 is 37.5. The molecule has 0 aliphatic carbocycles. The van der Waals surface area contributed by atoms with Crippen molar-refractivity contribution in [3.8, 4) is 0 Å². The minimum absolute atomic E-state index is 0.118. The molecule has 0 saturated heterocycles. The van der Waals surface area contributed by atoms with Gasteiger partial charge in [0.05, 0.1) is 15.9 Å². The molecule has 0 heterocycles. The second-order valence-corrected chi connectivity index (χ2v) is 8.63. The number of nitrogens with zero attached hydrogens (tertiary/aromatic N) is 2. The molecule has 0 aliphatic heterocycles. The van der Waals surface area contributed by atoms with Crippen LogP contribution >= 0.6 is 11.6 Å². The van der Waals surface area contributed by atoms with E-state index < -0.39 is 26.6 Å². The van der Waals surface area contributed by atoms with E-state index in [4.69, 9.17) is 11.6 Å². The molecular weight excluding hydrogens is 397 g/mol. The van der Waals surface area contributed by atoms with Gasteiger partial charge in [-0.3, -0.25) is 10.1 Å². The minimum atomic E-state index is -3.58. The van der Waals surface area contributed by atoms with E-state index in [1.54, 1.807) is 25.1 Å². The molecule has 0 saturated carbocycles. The molecule has 7 nitrogen and oxygen atoms in total. The first-order valence-electron chi connectivity index (χ1n) is 7.85. The molecule has 0 bridgehead atoms. The number of hydrogen-bond donors (Lipinski definition) is 1. The third-order valence-corrected chi connectivity index (χ3v) is 5.48. The van der Waals surface area contributed by atoms with Crippen LogP contribution in [-0.4, -0.2) is 45.1 Å². The largest absolute Gasteiger partial charge is 0.378 e. The number of nitro benzene ring substituents is 1. The molecule has 0 amide bonds. The van der Waals surface area contributed by atoms with Crippen molar-refractivity contribution >= 4 is 32.8 Å². The maximum atomic E-state index is 14.3. The van der Waals surface area contributed by atoms with Gasteiger partial charge in [0.15, 0.2) is 9.84 Å². The molecule has 0 aliphatic rings. The van der Waals surface area contributed by atoms with Crippen LogP contribution in [0.15, 0.2) is 41.3 Å². The number of rotatable bonds is 7. The quantitative estimate of drug-likeness (QED) is 0.549. The van der Waals surface area contributed by atoms with Gasteiger partial charge in [-0.15, -0.1) is 0 Å². The molecule has 27 heavy (non-hydrogen) atoms. The zero-order valence-corrected chi connectivity index (χ0v) is 16.5. The van der Waals surface area contributed by atoms with Crippen LogP contribution in [0.1, 0.15) is 11.6 Å². The third kappa shape index (κ3) is 4.94. The van der Waals surface area contributed by atoms with Crippen molar-refractivity contribution in [3.63, 3.8) is 0 Å². The van der Waals surface area contributed by atoms with E-state index in [1.807, 2.05) is 0 Å². The van der Waals surface area contributed by atoms with E-state index in [9.17, 15) is 22.9 Å². The summed E-state index contributed by atoms with van der Waals surface area (Å²) in [4.78, 5) is 12.2. The molecule has 10 heteroatoms. The van der Waals surface area contributed by atoms with Crippen LogP contribution in [0.5, 0.6) is 0 Å². The Labute approximate surface area is 161 Å². The fraction of sp³-hybridized carbons (Fsp3) is 0.294. The molecule has 0 fully saturated rings. The average Bonchev–Trinajstić information content (AvgIpc) is 2.56. The molecule has 1 N–H and O–H groups in total. The molecule has 0 aromatic heterocycles. The number of nitrogens with one attached hydrogen (secondary N) is 1. The van der Waals surface area contributed by atoms with Crippen molar-refractivity contribution in [2.24, 2.45) is 0 Å². The van der Waals surface area contributed by atoms with Gasteiger partial charge in [0, 0.05) is 29.5 Å². The predicted molar refractivity (Wildman–Crippen MR) is 103 cm³/mol. The molecule has 0 spiro atoms. The van der Waals surface area contributed by atoms with E-state index in [0.717, 1.165) is 12.3 Å². The lowest BCUT2D eigenvalue weighted by atomic mass is 10.0. The summed E-state index contributed by atoms with van der Waals surface area (Å²) in [5.74, 6) is -0.482. The fourth-order valence-corrected chi connectivity index (χ4v) is 3.55. The van der Waals surface area contributed by atoms with Crippen molar-refractivity contribution in [2.75, 3.05) is 32.2 Å². The van der Waals surface area contributed by atoms with Crippen LogP contribution in [0.4, 0.5) is 15.8 Å². The summed E-state index contributed by atoms with van der Waals surface area (Å²) >= 11 is 6.13. The first kappa shape index (κ1) is 21.1. The smallest absolute Gasteiger partial charge is 0.293 e. The lowest BCUT2D eigenvalue weighted by molar-refractivity contribution is -0.384. The molecule has 2 aromatic carbocycles. The number of benzene rings is 2. The monoisotopic (exact) mass is 415 g/mol. The summed E-state index contributed by atoms with van der Waals surface area (Å²) in [5.41, 5.74) is 0.0221. The molecule has 146 valence electrons. The van der Waals surface area contributed by atoms with Crippen molar-refractivity contribution < 1.29 is 17.7 Å². The Hall–Kier alpha value is -2.23. The highest BCUT2D eigenvalue weighted by atomic mass is 35.5. The Morgan fingerprint density at radius 3 is 2.48 bits per heavy atom. The average molecular weight is 416 g/mol. The molecule has 0 unspecified atom stereocenters. The van der Waals surface area contributed by atoms with Gasteiger partial charge in [0.2, 0.25) is 0 Å². The van der Waals surface area contributed by atoms with Crippen LogP contribution in [-0.2, 0) is 9.84 Å². The van der Waals surface area contributed by atoms with Gasteiger partial charge >= 0.3 is 0 Å². The normalized spacial score (nSPS) is 12.8. The second-order valence-electron chi connectivity index (χ2n) is 6.20. The minimum Gasteiger partial charge on any atom is -0.378 e. The number of nitro groups is 1. The first-order valence-corrected chi connectivity index (χ1v) is 10.1. The summed E-state index contributed by atoms with van der Waals surface area (Å²) in [6.07, 6.45) is 0.974. The van der Waals surface area contributed by atoms with Crippen LogP contribution in [0.2, 0.25) is 5.02 Å². The molecular formula is C17H19ClFN3O4S. The summed E-state index contributed by atoms with van der Waals surface area (Å²) in [5, 5.41) is 14.5. The number of likely N-dealkylation sites (N-methyl/N-ethyl adjacent to an activating group) is 1. The highest BCUT2D eigenvalue weighted by Gasteiger charge is 2.23. The van der Waals surface area contributed by atoms with E-state index in [0.29, 0.717) is 0 Å². The Morgan fingerprint density at radius 1 is 1.30 bits per heavy atom. The van der Waals surface area contributed by atoms with Gasteiger partial charge in [-0.25, -0.2) is 12.8 Å². The van der Waals surface area contributed by atoms with E-state index in [-0.39, 0.29) is 33.4 Å². The Bertz CT molecular complexity index is 946. The van der Waals surface area contributed by atoms with Gasteiger partial charge in [0.25, 0.3) is 5.69 Å². The lowest BCUT2D eigenvalue weighted by Gasteiger charge is -2.26. The van der Waals surface area contributed by atoms with E-state index in [1.165, 1.54) is 24.3 Å². The van der Waals surface area contributed by atoms with E-state index >= 15 is 0 Å². The van der Waals surface area contributed by atoms with Crippen LogP contribution in [0, 0.1) is 15.9 Å². The maximum Gasteiger partial charge on any atom is 0.293 e. The summed E-state index contributed by atoms with van der Waals surface area (Å²) in [7, 11) is -0.117. The van der Waals surface area contributed by atoms with Crippen molar-refractivity contribution in [1.29, 1.82) is 0 Å². The van der Waals surface area contributed by atoms with Crippen molar-refractivity contribution in [1.82, 2.24) is 4.90 Å². The lowest BCUT2D eigenvalue weighted by Crippen LogP contribution is -2.28. The van der Waals surface area contributed by atoms with Gasteiger partial charge < -0.3 is 10.2 Å². The number of halogens is 2. The predicted octanol–water partition coefficient (Wildman–Crippen LogP) is 3.51. The van der Waals surface area contributed by atoms with Crippen LogP contribution in [0.25, 0.3) is 0 Å². The SMILES string of the molecule is CN(C)[C@H](CNc1ccc(S(C)(=O)=O)cc1[N+](=O)[O-])c1c(F)cccc1Cl. The van der Waals surface area contributed by atoms with Gasteiger partial charge in [0.1, 0.15) is 11.5 Å². The second kappa shape index (κ2) is 8.20. The maximum absolute atomic E-state index is 14.3. The van der Waals surface area contributed by atoms with Gasteiger partial charge in [-0.1, -0.05) is 17.7 Å². The number of sulfone groups is 1. The highest BCUT2D eigenvalue weighted by molar-refractivity contribution is 7.90. The van der Waals surface area contributed by atoms with Crippen LogP contribution < -0.4 is 5.32 Å². The van der Waals surface area contributed by atoms with Gasteiger partial charge in [-0.2, -0.15) is 0 Å². The molecule has 2 aromatic rings. The zero-order valence-electron chi connectivity index (χ0n) is 14.9. The number of hydrogen-bond acceptors (Lipinski definition) is 6. The standard InChI is InChI=1S/C17H19ClFN3O4S/c1-21(2)16(17-12(18)5-4-6-13(17)19)10-20-14-8-7-11(27(3,25)26)9-15(14)22(23)24/h4-9,16,20H,10H2,1-3H3/t16-/m1/s1. The van der Waals surface area contributed by atoms with E-state index in [2.05, 4.69) is 5.32 Å². The Morgan fingerprint density at radius 2 is 1.96 bits per heavy atom.